The summed E-state index contributed by atoms with van der Waals surface area (Å²) in [7, 11) is -14.7. The molecule has 0 aliphatic rings. The number of phenolic OH excluding ortho intramolecular Hbond substituents is 2. The summed E-state index contributed by atoms with van der Waals surface area (Å²) in [6.45, 7) is 0. The predicted molar refractivity (Wildman–Crippen MR) is 126 cm³/mol. The molecule has 0 aliphatic heterocycles. The molecule has 208 valence electrons. The third-order valence-corrected chi connectivity index (χ3v) is 5.17. The number of nitrogens with two attached hydrogens (primary N) is 2. The molecule has 0 saturated heterocycles. The summed E-state index contributed by atoms with van der Waals surface area (Å²) >= 11 is 0. The van der Waals surface area contributed by atoms with Gasteiger partial charge in [-0.2, -0.15) is 25.3 Å². The fraction of sp³-hybridized carbons (Fsp3) is 0. The molecule has 0 aromatic heterocycles. The number of hydrogen-bond acceptors (Lipinski definition) is 15. The molecule has 0 fully saturated rings. The quantitative estimate of drug-likeness (QED) is 0.0638. The highest BCUT2D eigenvalue weighted by atomic mass is 32.3. The standard InChI is InChI=1S/C10H8N2O7S.C6H7NO9S2/c11-10-6-2-1-5(12(14)15)3-7(6)9(4-8(10)13)19-20(16,17)18;7-4-1-3(15-17(9,10)11)2-5(6(4)8)16-18(12,13)14/h1-4,13H,11H2,(H,16,17,18);1-2,8H,7H2,(H,9,10,11)(H,12,13,14). The molecule has 0 unspecified atom stereocenters. The molecule has 0 heterocycles. The van der Waals surface area contributed by atoms with Crippen LogP contribution in [0.1, 0.15) is 0 Å². The van der Waals surface area contributed by atoms with Gasteiger partial charge in [0.2, 0.25) is 0 Å². The molecule has 0 atom stereocenters. The van der Waals surface area contributed by atoms with Crippen LogP contribution >= 0.6 is 0 Å². The Bertz CT molecular complexity index is 1740. The van der Waals surface area contributed by atoms with Crippen molar-refractivity contribution < 1.29 is 66.6 Å². The van der Waals surface area contributed by atoms with Crippen LogP contribution in [0.15, 0.2) is 36.4 Å². The van der Waals surface area contributed by atoms with Crippen molar-refractivity contribution in [3.8, 4) is 28.7 Å². The number of anilines is 2. The summed E-state index contributed by atoms with van der Waals surface area (Å²) in [5, 5.41) is 29.7. The number of rotatable bonds is 7. The minimum absolute atomic E-state index is 0.0351. The van der Waals surface area contributed by atoms with Crippen LogP contribution in [0, 0.1) is 10.1 Å². The second-order valence-electron chi connectivity index (χ2n) is 6.69. The van der Waals surface area contributed by atoms with E-state index in [1.54, 1.807) is 0 Å². The Morgan fingerprint density at radius 2 is 1.26 bits per heavy atom. The van der Waals surface area contributed by atoms with E-state index in [0.717, 1.165) is 24.3 Å². The van der Waals surface area contributed by atoms with E-state index in [1.165, 1.54) is 6.07 Å². The summed E-state index contributed by atoms with van der Waals surface area (Å²) in [6.07, 6.45) is 0. The van der Waals surface area contributed by atoms with E-state index < -0.39 is 70.6 Å². The zero-order valence-electron chi connectivity index (χ0n) is 18.0. The molecule has 0 saturated carbocycles. The lowest BCUT2D eigenvalue weighted by atomic mass is 10.1. The number of nitro groups is 1. The summed E-state index contributed by atoms with van der Waals surface area (Å²) in [5.74, 6) is -3.33. The van der Waals surface area contributed by atoms with Crippen molar-refractivity contribution >= 4 is 59.0 Å². The Morgan fingerprint density at radius 3 is 1.76 bits per heavy atom. The second-order valence-corrected chi connectivity index (χ2v) is 9.75. The minimum Gasteiger partial charge on any atom is -0.506 e. The van der Waals surface area contributed by atoms with Crippen LogP contribution in [-0.4, -0.2) is 54.0 Å². The van der Waals surface area contributed by atoms with Crippen molar-refractivity contribution in [3.05, 3.63) is 46.5 Å². The fourth-order valence-corrected chi connectivity index (χ4v) is 3.69. The summed E-state index contributed by atoms with van der Waals surface area (Å²) in [4.78, 5) is 10.0. The molecule has 0 radical (unpaired) electrons. The number of phenols is 2. The number of fused-ring (bicyclic) bond motifs is 1. The number of benzene rings is 3. The average Bonchev–Trinajstić information content (AvgIpc) is 2.72. The van der Waals surface area contributed by atoms with E-state index in [9.17, 15) is 45.6 Å². The van der Waals surface area contributed by atoms with Gasteiger partial charge in [0.15, 0.2) is 23.0 Å². The van der Waals surface area contributed by atoms with Crippen molar-refractivity contribution in [2.24, 2.45) is 0 Å². The van der Waals surface area contributed by atoms with Gasteiger partial charge in [-0.1, -0.05) is 0 Å². The van der Waals surface area contributed by atoms with E-state index in [0.29, 0.717) is 6.07 Å². The molecule has 22 heteroatoms. The maximum absolute atomic E-state index is 10.7. The monoisotopic (exact) mass is 601 g/mol. The molecule has 0 bridgehead atoms. The van der Waals surface area contributed by atoms with E-state index in [1.807, 2.05) is 0 Å². The van der Waals surface area contributed by atoms with Crippen LogP contribution in [-0.2, 0) is 31.2 Å². The van der Waals surface area contributed by atoms with Gasteiger partial charge in [-0.25, -0.2) is 0 Å². The zero-order chi connectivity index (χ0) is 29.2. The third-order valence-electron chi connectivity index (χ3n) is 3.98. The number of non-ortho nitro benzene ring substituents is 1. The van der Waals surface area contributed by atoms with Gasteiger partial charge in [0.1, 0.15) is 5.75 Å². The first-order valence-electron chi connectivity index (χ1n) is 8.99. The highest BCUT2D eigenvalue weighted by molar-refractivity contribution is 7.81. The lowest BCUT2D eigenvalue weighted by Gasteiger charge is -2.09. The molecule has 3 aromatic rings. The smallest absolute Gasteiger partial charge is 0.446 e. The lowest BCUT2D eigenvalue weighted by Crippen LogP contribution is -2.09. The molecular weight excluding hydrogens is 586 g/mol. The van der Waals surface area contributed by atoms with Crippen molar-refractivity contribution in [1.82, 2.24) is 0 Å². The Balaban J connectivity index is 0.000000269. The van der Waals surface area contributed by atoms with E-state index in [2.05, 4.69) is 12.5 Å². The van der Waals surface area contributed by atoms with Gasteiger partial charge >= 0.3 is 31.2 Å². The maximum atomic E-state index is 10.7. The normalized spacial score (nSPS) is 11.8. The van der Waals surface area contributed by atoms with Crippen molar-refractivity contribution in [1.29, 1.82) is 0 Å². The van der Waals surface area contributed by atoms with Crippen molar-refractivity contribution in [2.45, 2.75) is 0 Å². The van der Waals surface area contributed by atoms with Crippen LogP contribution in [0.4, 0.5) is 17.1 Å². The van der Waals surface area contributed by atoms with Crippen LogP contribution in [0.3, 0.4) is 0 Å². The number of nitrogen functional groups attached to an aromatic ring is 2. The average molecular weight is 602 g/mol. The summed E-state index contributed by atoms with van der Waals surface area (Å²) in [6, 6.07) is 5.59. The molecule has 3 aromatic carbocycles. The predicted octanol–water partition coefficient (Wildman–Crippen LogP) is 0.555. The topological polar surface area (TPSA) is 326 Å². The number of nitrogens with zero attached hydrogens (tertiary/aromatic N) is 1. The Morgan fingerprint density at radius 1 is 0.737 bits per heavy atom. The van der Waals surface area contributed by atoms with Gasteiger partial charge in [-0.05, 0) is 6.07 Å². The van der Waals surface area contributed by atoms with Crippen LogP contribution in [0.5, 0.6) is 28.7 Å². The Hall–Kier alpha value is -4.35. The number of aromatic hydroxyl groups is 2. The van der Waals surface area contributed by atoms with Gasteiger partial charge in [0.25, 0.3) is 5.69 Å². The van der Waals surface area contributed by atoms with Crippen LogP contribution in [0.2, 0.25) is 0 Å². The first-order chi connectivity index (χ1) is 17.2. The Labute approximate surface area is 212 Å². The van der Waals surface area contributed by atoms with Crippen LogP contribution < -0.4 is 24.0 Å². The zero-order valence-corrected chi connectivity index (χ0v) is 20.5. The largest absolute Gasteiger partial charge is 0.506 e. The first-order valence-corrected chi connectivity index (χ1v) is 13.1. The molecule has 0 amide bonds. The van der Waals surface area contributed by atoms with Gasteiger partial charge in [-0.3, -0.25) is 23.8 Å². The van der Waals surface area contributed by atoms with Crippen LogP contribution in [0.25, 0.3) is 10.8 Å². The van der Waals surface area contributed by atoms with Crippen molar-refractivity contribution in [2.75, 3.05) is 11.5 Å². The second kappa shape index (κ2) is 10.6. The van der Waals surface area contributed by atoms with Crippen molar-refractivity contribution in [3.63, 3.8) is 0 Å². The SMILES string of the molecule is Nc1c(O)cc(OS(=O)(=O)O)c2cc([N+](=O)[O-])ccc12.Nc1cc(OS(=O)(=O)O)cc(OS(=O)(=O)O)c1O. The summed E-state index contributed by atoms with van der Waals surface area (Å²) < 4.78 is 101. The van der Waals surface area contributed by atoms with E-state index in [-0.39, 0.29) is 22.1 Å². The molecule has 19 nitrogen and oxygen atoms in total. The van der Waals surface area contributed by atoms with Gasteiger partial charge in [0.05, 0.1) is 16.3 Å². The third kappa shape index (κ3) is 8.36. The molecular formula is C16H15N3O16S3. The maximum Gasteiger partial charge on any atom is 0.446 e. The summed E-state index contributed by atoms with van der Waals surface area (Å²) in [5.41, 5.74) is 9.85. The lowest BCUT2D eigenvalue weighted by molar-refractivity contribution is -0.384. The molecule has 3 rings (SSSR count). The minimum atomic E-state index is -4.96. The van der Waals surface area contributed by atoms with E-state index >= 15 is 0 Å². The number of hydrogen-bond donors (Lipinski definition) is 7. The van der Waals surface area contributed by atoms with E-state index in [4.69, 9.17) is 25.1 Å². The molecule has 0 aliphatic carbocycles. The van der Waals surface area contributed by atoms with Gasteiger partial charge in [-0.15, -0.1) is 0 Å². The van der Waals surface area contributed by atoms with Gasteiger partial charge in [0, 0.05) is 41.1 Å². The molecule has 0 spiro atoms. The number of nitro benzene ring substituents is 1. The highest BCUT2D eigenvalue weighted by Gasteiger charge is 2.19. The highest BCUT2D eigenvalue weighted by Crippen LogP contribution is 2.39. The Kier molecular flexibility index (Phi) is 8.30. The molecule has 38 heavy (non-hydrogen) atoms. The van der Waals surface area contributed by atoms with Gasteiger partial charge < -0.3 is 34.2 Å². The first kappa shape index (κ1) is 29.9. The fourth-order valence-electron chi connectivity index (χ4n) is 2.63. The molecule has 9 N–H and O–H groups in total.